The summed E-state index contributed by atoms with van der Waals surface area (Å²) < 4.78 is 22.0. The lowest BCUT2D eigenvalue weighted by Crippen LogP contribution is -2.07. The summed E-state index contributed by atoms with van der Waals surface area (Å²) in [7, 11) is 1.52. The summed E-state index contributed by atoms with van der Waals surface area (Å²) in [5.74, 6) is -0.00846. The molecule has 0 fully saturated rings. The first-order valence-corrected chi connectivity index (χ1v) is 11.7. The summed E-state index contributed by atoms with van der Waals surface area (Å²) >= 11 is 14.9. The molecule has 34 heavy (non-hydrogen) atoms. The van der Waals surface area contributed by atoms with E-state index in [4.69, 9.17) is 28.6 Å². The van der Waals surface area contributed by atoms with E-state index >= 15 is 0 Å². The summed E-state index contributed by atoms with van der Waals surface area (Å²) in [6.45, 7) is 1.98. The van der Waals surface area contributed by atoms with E-state index in [1.165, 1.54) is 13.2 Å². The van der Waals surface area contributed by atoms with Gasteiger partial charge in [-0.1, -0.05) is 45.7 Å². The molecule has 0 aliphatic heterocycles. The average Bonchev–Trinajstić information content (AvgIpc) is 3.06. The maximum Gasteiger partial charge on any atom is 0.221 e. The highest BCUT2D eigenvalue weighted by atomic mass is 79.9. The number of anilines is 1. The number of fused-ring (bicyclic) bond motifs is 1. The van der Waals surface area contributed by atoms with Crippen molar-refractivity contribution in [1.29, 1.82) is 0 Å². The van der Waals surface area contributed by atoms with Crippen molar-refractivity contribution in [2.24, 2.45) is 10.2 Å². The smallest absolute Gasteiger partial charge is 0.221 e. The fourth-order valence-electron chi connectivity index (χ4n) is 3.52. The summed E-state index contributed by atoms with van der Waals surface area (Å²) in [4.78, 5) is 0. The van der Waals surface area contributed by atoms with Gasteiger partial charge in [-0.05, 0) is 55.0 Å². The second kappa shape index (κ2) is 10.1. The maximum atomic E-state index is 14.3. The number of hydrogen-bond donors (Lipinski definition) is 2. The Labute approximate surface area is 214 Å². The van der Waals surface area contributed by atoms with Crippen LogP contribution in [0.1, 0.15) is 11.1 Å². The second-order valence-corrected chi connectivity index (χ2v) is 9.15. The molecule has 1 heterocycles. The van der Waals surface area contributed by atoms with Gasteiger partial charge in [-0.2, -0.15) is 0 Å². The normalized spacial score (nSPS) is 11.3. The number of halogens is 3. The molecule has 0 bridgehead atoms. The predicted molar refractivity (Wildman–Crippen MR) is 140 cm³/mol. The van der Waals surface area contributed by atoms with Crippen molar-refractivity contribution in [3.63, 3.8) is 0 Å². The molecule has 0 aliphatic rings. The highest BCUT2D eigenvalue weighted by Crippen LogP contribution is 2.41. The lowest BCUT2D eigenvalue weighted by Gasteiger charge is -2.11. The van der Waals surface area contributed by atoms with E-state index in [0.29, 0.717) is 32.9 Å². The van der Waals surface area contributed by atoms with Gasteiger partial charge in [0, 0.05) is 26.5 Å². The van der Waals surface area contributed by atoms with E-state index in [9.17, 15) is 9.50 Å². The van der Waals surface area contributed by atoms with Crippen molar-refractivity contribution < 1.29 is 14.2 Å². The molecule has 4 aromatic rings. The SMILES string of the molecule is COc1cc(Cl)c(C)cc1NC(=S)N=Nc1c(O)n(Cc2ccccc2F)c2ccc(Br)cc12. The number of nitrogens with one attached hydrogen (secondary N) is 1. The Morgan fingerprint density at radius 2 is 2.00 bits per heavy atom. The number of thiocarbonyl (C=S) groups is 1. The third kappa shape index (κ3) is 4.91. The largest absolute Gasteiger partial charge is 0.495 e. The van der Waals surface area contributed by atoms with Gasteiger partial charge in [0.15, 0.2) is 5.69 Å². The first kappa shape index (κ1) is 24.1. The van der Waals surface area contributed by atoms with E-state index in [2.05, 4.69) is 31.5 Å². The molecule has 4 rings (SSSR count). The van der Waals surface area contributed by atoms with Crippen molar-refractivity contribution in [3.8, 4) is 11.6 Å². The van der Waals surface area contributed by atoms with Crippen LogP contribution >= 0.6 is 39.7 Å². The zero-order valence-corrected chi connectivity index (χ0v) is 21.3. The Balaban J connectivity index is 1.69. The third-order valence-corrected chi connectivity index (χ3v) is 6.31. The minimum atomic E-state index is -0.360. The van der Waals surface area contributed by atoms with Crippen molar-refractivity contribution in [1.82, 2.24) is 4.57 Å². The van der Waals surface area contributed by atoms with Gasteiger partial charge in [-0.3, -0.25) is 0 Å². The number of aromatic hydroxyl groups is 1. The zero-order chi connectivity index (χ0) is 24.4. The quantitative estimate of drug-likeness (QED) is 0.193. The molecule has 2 N–H and O–H groups in total. The van der Waals surface area contributed by atoms with Gasteiger partial charge in [0.05, 0.1) is 24.9 Å². The Morgan fingerprint density at radius 1 is 1.24 bits per heavy atom. The van der Waals surface area contributed by atoms with Crippen LogP contribution in [0.2, 0.25) is 5.02 Å². The molecule has 0 saturated carbocycles. The molecule has 0 unspecified atom stereocenters. The molecule has 0 amide bonds. The van der Waals surface area contributed by atoms with E-state index in [1.807, 2.05) is 25.1 Å². The molecule has 0 spiro atoms. The second-order valence-electron chi connectivity index (χ2n) is 7.44. The van der Waals surface area contributed by atoms with Crippen LogP contribution in [0.25, 0.3) is 10.9 Å². The summed E-state index contributed by atoms with van der Waals surface area (Å²) in [5.41, 5.74) is 2.75. The maximum absolute atomic E-state index is 14.3. The Bertz CT molecular complexity index is 1440. The molecule has 3 aromatic carbocycles. The molecule has 0 aliphatic carbocycles. The lowest BCUT2D eigenvalue weighted by molar-refractivity contribution is 0.417. The first-order valence-electron chi connectivity index (χ1n) is 10.1. The van der Waals surface area contributed by atoms with E-state index in [1.54, 1.807) is 34.9 Å². The van der Waals surface area contributed by atoms with Gasteiger partial charge in [0.1, 0.15) is 11.6 Å². The van der Waals surface area contributed by atoms with Gasteiger partial charge in [0.2, 0.25) is 11.0 Å². The standard InChI is InChI=1S/C24H19BrClFN4O2S/c1-13-9-19(21(33-2)11-17(13)26)28-24(34)30-29-22-16-10-15(25)7-8-20(16)31(23(22)32)12-14-5-3-4-6-18(14)27/h3-11,32H,12H2,1-2H3,(H,28,34). The monoisotopic (exact) mass is 560 g/mol. The number of hydrogen-bond acceptors (Lipinski definition) is 4. The van der Waals surface area contributed by atoms with Crippen molar-refractivity contribution in [2.75, 3.05) is 12.4 Å². The van der Waals surface area contributed by atoms with Gasteiger partial charge >= 0.3 is 0 Å². The fourth-order valence-corrected chi connectivity index (χ4v) is 4.18. The van der Waals surface area contributed by atoms with Crippen LogP contribution in [0.4, 0.5) is 15.8 Å². The predicted octanol–water partition coefficient (Wildman–Crippen LogP) is 7.75. The highest BCUT2D eigenvalue weighted by Gasteiger charge is 2.18. The van der Waals surface area contributed by atoms with E-state index in [0.717, 1.165) is 10.0 Å². The first-order chi connectivity index (χ1) is 16.3. The summed E-state index contributed by atoms with van der Waals surface area (Å²) in [6, 6.07) is 15.3. The number of benzene rings is 3. The Kier molecular flexibility index (Phi) is 7.16. The Hall–Kier alpha value is -3.01. The van der Waals surface area contributed by atoms with Gasteiger partial charge in [-0.15, -0.1) is 10.2 Å². The molecular weight excluding hydrogens is 543 g/mol. The van der Waals surface area contributed by atoms with Gasteiger partial charge < -0.3 is 19.7 Å². The van der Waals surface area contributed by atoms with Crippen LogP contribution in [0.15, 0.2) is 69.3 Å². The lowest BCUT2D eigenvalue weighted by atomic mass is 10.2. The van der Waals surface area contributed by atoms with Crippen molar-refractivity contribution in [3.05, 3.63) is 81.0 Å². The molecule has 0 atom stereocenters. The van der Waals surface area contributed by atoms with Crippen molar-refractivity contribution >= 4 is 67.1 Å². The number of azo groups is 1. The van der Waals surface area contributed by atoms with Crippen LogP contribution in [0, 0.1) is 12.7 Å². The number of aromatic nitrogens is 1. The summed E-state index contributed by atoms with van der Waals surface area (Å²) in [5, 5.41) is 23.5. The van der Waals surface area contributed by atoms with Crippen LogP contribution in [0.3, 0.4) is 0 Å². The number of nitrogens with zero attached hydrogens (tertiary/aromatic N) is 3. The summed E-state index contributed by atoms with van der Waals surface area (Å²) in [6.07, 6.45) is 0. The molecular formula is C24H19BrClFN4O2S. The van der Waals surface area contributed by atoms with Crippen molar-refractivity contribution in [2.45, 2.75) is 13.5 Å². The number of methoxy groups -OCH3 is 1. The molecule has 0 radical (unpaired) electrons. The topological polar surface area (TPSA) is 71.1 Å². The van der Waals surface area contributed by atoms with E-state index < -0.39 is 0 Å². The fraction of sp³-hybridized carbons (Fsp3) is 0.125. The minimum absolute atomic E-state index is 0.0597. The highest BCUT2D eigenvalue weighted by molar-refractivity contribution is 9.10. The number of ether oxygens (including phenoxy) is 1. The minimum Gasteiger partial charge on any atom is -0.495 e. The number of aryl methyl sites for hydroxylation is 1. The van der Waals surface area contributed by atoms with Crippen LogP contribution in [-0.4, -0.2) is 21.9 Å². The Morgan fingerprint density at radius 3 is 2.74 bits per heavy atom. The molecule has 10 heteroatoms. The molecule has 174 valence electrons. The van der Waals surface area contributed by atoms with Crippen LogP contribution in [0.5, 0.6) is 11.6 Å². The van der Waals surface area contributed by atoms with E-state index in [-0.39, 0.29) is 29.0 Å². The van der Waals surface area contributed by atoms with Crippen LogP contribution in [-0.2, 0) is 6.54 Å². The molecule has 0 saturated heterocycles. The molecule has 6 nitrogen and oxygen atoms in total. The zero-order valence-electron chi connectivity index (χ0n) is 18.1. The average molecular weight is 562 g/mol. The van der Waals surface area contributed by atoms with Crippen LogP contribution < -0.4 is 10.1 Å². The van der Waals surface area contributed by atoms with Gasteiger partial charge in [0.25, 0.3) is 0 Å². The number of rotatable bonds is 5. The third-order valence-electron chi connectivity index (χ3n) is 5.22. The molecule has 1 aromatic heterocycles. The van der Waals surface area contributed by atoms with Gasteiger partial charge in [-0.25, -0.2) is 4.39 Å².